The summed E-state index contributed by atoms with van der Waals surface area (Å²) in [5.74, 6) is -1.15. The number of para-hydroxylation sites is 1. The molecule has 1 aromatic heterocycles. The average molecular weight is 394 g/mol. The molecule has 3 amide bonds. The van der Waals surface area contributed by atoms with Gasteiger partial charge < -0.3 is 5.32 Å². The van der Waals surface area contributed by atoms with Gasteiger partial charge in [0.25, 0.3) is 0 Å². The minimum absolute atomic E-state index is 0.0678. The van der Waals surface area contributed by atoms with Gasteiger partial charge in [0.1, 0.15) is 5.82 Å². The number of hydrogen-bond acceptors (Lipinski definition) is 4. The van der Waals surface area contributed by atoms with Gasteiger partial charge in [-0.25, -0.2) is 4.68 Å². The third-order valence-electron chi connectivity index (χ3n) is 4.25. The molecule has 2 heterocycles. The molecule has 1 fully saturated rings. The van der Waals surface area contributed by atoms with E-state index in [4.69, 9.17) is 0 Å². The zero-order chi connectivity index (χ0) is 20.5. The maximum absolute atomic E-state index is 13.3. The van der Waals surface area contributed by atoms with Crippen molar-refractivity contribution in [1.82, 2.24) is 14.7 Å². The van der Waals surface area contributed by atoms with Crippen LogP contribution in [0.2, 0.25) is 0 Å². The van der Waals surface area contributed by atoms with Gasteiger partial charge in [0.05, 0.1) is 16.9 Å². The number of benzene rings is 1. The van der Waals surface area contributed by atoms with Gasteiger partial charge in [-0.1, -0.05) is 12.1 Å². The molecule has 148 valence electrons. The lowest BCUT2D eigenvalue weighted by Gasteiger charge is -2.16. The highest BCUT2D eigenvalue weighted by molar-refractivity contribution is 6.02. The van der Waals surface area contributed by atoms with Gasteiger partial charge in [-0.3, -0.25) is 19.3 Å². The Bertz CT molecular complexity index is 920. The Morgan fingerprint density at radius 2 is 1.82 bits per heavy atom. The number of rotatable bonds is 5. The van der Waals surface area contributed by atoms with Gasteiger partial charge in [0, 0.05) is 31.9 Å². The molecule has 0 spiro atoms. The summed E-state index contributed by atoms with van der Waals surface area (Å²) in [7, 11) is 0. The van der Waals surface area contributed by atoms with Gasteiger partial charge in [-0.15, -0.1) is 0 Å². The van der Waals surface area contributed by atoms with Gasteiger partial charge in [0.2, 0.25) is 17.7 Å². The number of nitrogens with one attached hydrogen (secondary N) is 1. The number of nitrogens with zero attached hydrogens (tertiary/aromatic N) is 3. The maximum Gasteiger partial charge on any atom is 0.418 e. The SMILES string of the molecule is Cc1cc(NC(=O)CCN2C(=O)CCC2=O)n(-c2ccccc2C(F)(F)F)n1. The van der Waals surface area contributed by atoms with Crippen LogP contribution in [0.25, 0.3) is 5.69 Å². The van der Waals surface area contributed by atoms with Crippen molar-refractivity contribution < 1.29 is 27.6 Å². The second-order valence-corrected chi connectivity index (χ2v) is 6.33. The van der Waals surface area contributed by atoms with Crippen molar-refractivity contribution in [1.29, 1.82) is 0 Å². The summed E-state index contributed by atoms with van der Waals surface area (Å²) in [6, 6.07) is 6.34. The summed E-state index contributed by atoms with van der Waals surface area (Å²) < 4.78 is 40.9. The monoisotopic (exact) mass is 394 g/mol. The van der Waals surface area contributed by atoms with Gasteiger partial charge in [-0.2, -0.15) is 18.3 Å². The fraction of sp³-hybridized carbons (Fsp3) is 0.333. The Kier molecular flexibility index (Phi) is 5.21. The first kappa shape index (κ1) is 19.6. The molecular weight excluding hydrogens is 377 g/mol. The van der Waals surface area contributed by atoms with Crippen molar-refractivity contribution in [2.24, 2.45) is 0 Å². The van der Waals surface area contributed by atoms with Crippen LogP contribution in [0.1, 0.15) is 30.5 Å². The van der Waals surface area contributed by atoms with E-state index in [0.29, 0.717) is 5.69 Å². The number of alkyl halides is 3. The molecule has 3 rings (SSSR count). The topological polar surface area (TPSA) is 84.3 Å². The molecule has 0 radical (unpaired) electrons. The van der Waals surface area contributed by atoms with E-state index in [-0.39, 0.29) is 49.1 Å². The molecule has 1 aliphatic heterocycles. The fourth-order valence-electron chi connectivity index (χ4n) is 2.96. The van der Waals surface area contributed by atoms with Crippen molar-refractivity contribution in [3.05, 3.63) is 41.6 Å². The number of halogens is 3. The van der Waals surface area contributed by atoms with Crippen LogP contribution in [0.3, 0.4) is 0 Å². The van der Waals surface area contributed by atoms with Gasteiger partial charge >= 0.3 is 6.18 Å². The van der Waals surface area contributed by atoms with Crippen LogP contribution in [0.4, 0.5) is 19.0 Å². The van der Waals surface area contributed by atoms with Crippen LogP contribution < -0.4 is 5.32 Å². The molecule has 1 aliphatic rings. The predicted molar refractivity (Wildman–Crippen MR) is 92.5 cm³/mol. The molecular formula is C18H17F3N4O3. The molecule has 1 saturated heterocycles. The lowest BCUT2D eigenvalue weighted by molar-refractivity contribution is -0.139. The van der Waals surface area contributed by atoms with E-state index in [1.807, 2.05) is 0 Å². The Balaban J connectivity index is 1.79. The van der Waals surface area contributed by atoms with Crippen LogP contribution in [-0.2, 0) is 20.6 Å². The molecule has 28 heavy (non-hydrogen) atoms. The quantitative estimate of drug-likeness (QED) is 0.791. The molecule has 0 atom stereocenters. The first-order valence-electron chi connectivity index (χ1n) is 8.53. The second kappa shape index (κ2) is 7.45. The second-order valence-electron chi connectivity index (χ2n) is 6.33. The number of anilines is 1. The predicted octanol–water partition coefficient (Wildman–Crippen LogP) is 2.68. The number of aromatic nitrogens is 2. The van der Waals surface area contributed by atoms with Crippen LogP contribution in [-0.4, -0.2) is 38.9 Å². The number of carbonyl (C=O) groups excluding carboxylic acids is 3. The van der Waals surface area contributed by atoms with E-state index in [1.165, 1.54) is 24.3 Å². The van der Waals surface area contributed by atoms with Crippen molar-refractivity contribution in [2.75, 3.05) is 11.9 Å². The molecule has 0 unspecified atom stereocenters. The smallest absolute Gasteiger partial charge is 0.311 e. The van der Waals surface area contributed by atoms with Crippen molar-refractivity contribution in [3.8, 4) is 5.69 Å². The number of amides is 3. The zero-order valence-electron chi connectivity index (χ0n) is 14.9. The highest BCUT2D eigenvalue weighted by Gasteiger charge is 2.34. The van der Waals surface area contributed by atoms with E-state index in [0.717, 1.165) is 15.6 Å². The Hall–Kier alpha value is -3.17. The molecule has 0 aliphatic carbocycles. The number of hydrogen-bond donors (Lipinski definition) is 1. The largest absolute Gasteiger partial charge is 0.418 e. The Morgan fingerprint density at radius 1 is 1.18 bits per heavy atom. The molecule has 2 aromatic rings. The van der Waals surface area contributed by atoms with E-state index >= 15 is 0 Å². The molecule has 10 heteroatoms. The fourth-order valence-corrected chi connectivity index (χ4v) is 2.96. The van der Waals surface area contributed by atoms with E-state index in [1.54, 1.807) is 6.92 Å². The molecule has 1 aromatic carbocycles. The lowest BCUT2D eigenvalue weighted by Crippen LogP contribution is -2.32. The molecule has 0 saturated carbocycles. The third kappa shape index (κ3) is 4.05. The molecule has 1 N–H and O–H groups in total. The Labute approximate surface area is 158 Å². The van der Waals surface area contributed by atoms with Crippen molar-refractivity contribution in [3.63, 3.8) is 0 Å². The summed E-state index contributed by atoms with van der Waals surface area (Å²) in [6.45, 7) is 1.51. The number of carbonyl (C=O) groups is 3. The van der Waals surface area contributed by atoms with Crippen LogP contribution in [0.5, 0.6) is 0 Å². The lowest BCUT2D eigenvalue weighted by atomic mass is 10.1. The van der Waals surface area contributed by atoms with Gasteiger partial charge in [-0.05, 0) is 19.1 Å². The molecule has 7 nitrogen and oxygen atoms in total. The van der Waals surface area contributed by atoms with Crippen LogP contribution in [0, 0.1) is 6.92 Å². The first-order chi connectivity index (χ1) is 13.2. The normalized spacial score (nSPS) is 14.6. The van der Waals surface area contributed by atoms with E-state index in [9.17, 15) is 27.6 Å². The summed E-state index contributed by atoms with van der Waals surface area (Å²) in [5, 5.41) is 6.56. The standard InChI is InChI=1S/C18H17F3N4O3/c1-11-10-14(22-15(26)8-9-24-16(27)6-7-17(24)28)25(23-11)13-5-3-2-4-12(13)18(19,20)21/h2-5,10H,6-9H2,1H3,(H,22,26). The summed E-state index contributed by atoms with van der Waals surface area (Å²) >= 11 is 0. The summed E-state index contributed by atoms with van der Waals surface area (Å²) in [4.78, 5) is 36.4. The third-order valence-corrected chi connectivity index (χ3v) is 4.25. The minimum atomic E-state index is -4.59. The van der Waals surface area contributed by atoms with Crippen LogP contribution >= 0.6 is 0 Å². The average Bonchev–Trinajstić information content (AvgIpc) is 3.14. The summed E-state index contributed by atoms with van der Waals surface area (Å²) in [5.41, 5.74) is -0.692. The zero-order valence-corrected chi connectivity index (χ0v) is 14.9. The maximum atomic E-state index is 13.3. The number of likely N-dealkylation sites (tertiary alicyclic amines) is 1. The van der Waals surface area contributed by atoms with Gasteiger partial charge in [0.15, 0.2) is 0 Å². The van der Waals surface area contributed by atoms with Crippen molar-refractivity contribution in [2.45, 2.75) is 32.4 Å². The number of imide groups is 1. The number of aryl methyl sites for hydroxylation is 1. The minimum Gasteiger partial charge on any atom is -0.311 e. The molecule has 0 bridgehead atoms. The summed E-state index contributed by atoms with van der Waals surface area (Å²) in [6.07, 6.45) is -4.50. The van der Waals surface area contributed by atoms with Crippen LogP contribution in [0.15, 0.2) is 30.3 Å². The van der Waals surface area contributed by atoms with Crippen molar-refractivity contribution >= 4 is 23.5 Å². The van der Waals surface area contributed by atoms with E-state index < -0.39 is 17.6 Å². The first-order valence-corrected chi connectivity index (χ1v) is 8.53. The highest BCUT2D eigenvalue weighted by atomic mass is 19.4. The Morgan fingerprint density at radius 3 is 2.46 bits per heavy atom. The van der Waals surface area contributed by atoms with E-state index in [2.05, 4.69) is 10.4 Å². The highest BCUT2D eigenvalue weighted by Crippen LogP contribution is 2.34.